The van der Waals surface area contributed by atoms with Gasteiger partial charge in [0.25, 0.3) is 0 Å². The Bertz CT molecular complexity index is 543. The van der Waals surface area contributed by atoms with Crippen LogP contribution in [0.2, 0.25) is 0 Å². The summed E-state index contributed by atoms with van der Waals surface area (Å²) >= 11 is 1.58. The van der Waals surface area contributed by atoms with Crippen LogP contribution in [0.1, 0.15) is 26.4 Å². The van der Waals surface area contributed by atoms with Crippen molar-refractivity contribution in [2.45, 2.75) is 13.8 Å². The number of anilines is 1. The van der Waals surface area contributed by atoms with E-state index < -0.39 is 0 Å². The van der Waals surface area contributed by atoms with Gasteiger partial charge in [-0.25, -0.2) is 0 Å². The van der Waals surface area contributed by atoms with E-state index in [1.807, 2.05) is 37.4 Å². The second kappa shape index (κ2) is 4.10. The molecule has 2 N–H and O–H groups in total. The zero-order valence-corrected chi connectivity index (χ0v) is 10.1. The topological polar surface area (TPSA) is 43.1 Å². The van der Waals surface area contributed by atoms with Gasteiger partial charge >= 0.3 is 0 Å². The fourth-order valence-corrected chi connectivity index (χ4v) is 2.33. The first-order valence-corrected chi connectivity index (χ1v) is 5.92. The van der Waals surface area contributed by atoms with Gasteiger partial charge in [0.1, 0.15) is 0 Å². The molecule has 0 aliphatic heterocycles. The molecule has 0 unspecified atom stereocenters. The predicted molar refractivity (Wildman–Crippen MR) is 68.1 cm³/mol. The SMILES string of the molecule is Cc1ccc(N)c(C(=O)c2ccsc2C)c1. The maximum atomic E-state index is 12.2. The summed E-state index contributed by atoms with van der Waals surface area (Å²) in [6, 6.07) is 7.38. The van der Waals surface area contributed by atoms with Gasteiger partial charge in [0.05, 0.1) is 0 Å². The van der Waals surface area contributed by atoms with Crippen LogP contribution < -0.4 is 5.73 Å². The Morgan fingerprint density at radius 2 is 1.94 bits per heavy atom. The van der Waals surface area contributed by atoms with Crippen molar-refractivity contribution in [1.29, 1.82) is 0 Å². The third-order valence-electron chi connectivity index (χ3n) is 2.56. The summed E-state index contributed by atoms with van der Waals surface area (Å²) < 4.78 is 0. The van der Waals surface area contributed by atoms with Crippen LogP contribution in [0.3, 0.4) is 0 Å². The number of ketones is 1. The summed E-state index contributed by atoms with van der Waals surface area (Å²) in [4.78, 5) is 13.3. The molecule has 3 heteroatoms. The summed E-state index contributed by atoms with van der Waals surface area (Å²) in [5.41, 5.74) is 8.77. The lowest BCUT2D eigenvalue weighted by Crippen LogP contribution is -2.05. The monoisotopic (exact) mass is 231 g/mol. The number of benzene rings is 1. The van der Waals surface area contributed by atoms with Crippen LogP contribution in [-0.2, 0) is 0 Å². The molecule has 2 nitrogen and oxygen atoms in total. The summed E-state index contributed by atoms with van der Waals surface area (Å²) in [6.45, 7) is 3.90. The van der Waals surface area contributed by atoms with Gasteiger partial charge < -0.3 is 5.73 Å². The number of aryl methyl sites for hydroxylation is 2. The molecule has 0 saturated carbocycles. The standard InChI is InChI=1S/C13H13NOS/c1-8-3-4-12(14)11(7-8)13(15)10-5-6-16-9(10)2/h3-7H,14H2,1-2H3. The van der Waals surface area contributed by atoms with Crippen molar-refractivity contribution < 1.29 is 4.79 Å². The van der Waals surface area contributed by atoms with Crippen molar-refractivity contribution in [3.05, 3.63) is 51.2 Å². The van der Waals surface area contributed by atoms with Crippen molar-refractivity contribution in [3.63, 3.8) is 0 Å². The number of hydrogen-bond donors (Lipinski definition) is 1. The molecule has 0 radical (unpaired) electrons. The smallest absolute Gasteiger partial charge is 0.196 e. The minimum absolute atomic E-state index is 0.0138. The Balaban J connectivity index is 2.49. The first kappa shape index (κ1) is 10.9. The van der Waals surface area contributed by atoms with Crippen LogP contribution in [-0.4, -0.2) is 5.78 Å². The molecule has 2 rings (SSSR count). The summed E-state index contributed by atoms with van der Waals surface area (Å²) in [5, 5.41) is 1.93. The van der Waals surface area contributed by atoms with E-state index in [0.717, 1.165) is 16.0 Å². The molecule has 2 aromatic rings. The normalized spacial score (nSPS) is 10.4. The lowest BCUT2D eigenvalue weighted by atomic mass is 10.0. The summed E-state index contributed by atoms with van der Waals surface area (Å²) in [7, 11) is 0. The second-order valence-corrected chi connectivity index (χ2v) is 4.93. The lowest BCUT2D eigenvalue weighted by molar-refractivity contribution is 0.103. The van der Waals surface area contributed by atoms with Gasteiger partial charge in [-0.1, -0.05) is 11.6 Å². The number of carbonyl (C=O) groups is 1. The van der Waals surface area contributed by atoms with Gasteiger partial charge in [-0.2, -0.15) is 0 Å². The third-order valence-corrected chi connectivity index (χ3v) is 3.40. The van der Waals surface area contributed by atoms with Gasteiger partial charge in [0, 0.05) is 21.7 Å². The molecule has 0 fully saturated rings. The number of nitrogens with two attached hydrogens (primary N) is 1. The molecule has 1 aromatic carbocycles. The van der Waals surface area contributed by atoms with E-state index in [1.54, 1.807) is 17.4 Å². The highest BCUT2D eigenvalue weighted by Crippen LogP contribution is 2.22. The largest absolute Gasteiger partial charge is 0.398 e. The zero-order valence-electron chi connectivity index (χ0n) is 9.28. The molecular weight excluding hydrogens is 218 g/mol. The molecule has 1 aromatic heterocycles. The molecule has 0 spiro atoms. The van der Waals surface area contributed by atoms with Crippen LogP contribution in [0.15, 0.2) is 29.6 Å². The highest BCUT2D eigenvalue weighted by molar-refractivity contribution is 7.10. The molecular formula is C13H13NOS. The van der Waals surface area contributed by atoms with Gasteiger partial charge in [-0.05, 0) is 37.4 Å². The lowest BCUT2D eigenvalue weighted by Gasteiger charge is -2.05. The highest BCUT2D eigenvalue weighted by Gasteiger charge is 2.15. The quantitative estimate of drug-likeness (QED) is 0.637. The Hall–Kier alpha value is -1.61. The van der Waals surface area contributed by atoms with E-state index in [9.17, 15) is 4.79 Å². The molecule has 0 amide bonds. The maximum Gasteiger partial charge on any atom is 0.196 e. The predicted octanol–water partition coefficient (Wildman–Crippen LogP) is 3.18. The van der Waals surface area contributed by atoms with Crippen molar-refractivity contribution in [2.24, 2.45) is 0 Å². The Morgan fingerprint density at radius 3 is 2.56 bits per heavy atom. The Labute approximate surface area is 98.7 Å². The van der Waals surface area contributed by atoms with E-state index in [0.29, 0.717) is 11.3 Å². The molecule has 0 aliphatic carbocycles. The average molecular weight is 231 g/mol. The molecule has 0 aliphatic rings. The maximum absolute atomic E-state index is 12.2. The number of nitrogen functional groups attached to an aromatic ring is 1. The first-order chi connectivity index (χ1) is 7.59. The molecule has 16 heavy (non-hydrogen) atoms. The fraction of sp³-hybridized carbons (Fsp3) is 0.154. The second-order valence-electron chi connectivity index (χ2n) is 3.81. The van der Waals surface area contributed by atoms with E-state index in [2.05, 4.69) is 0 Å². The molecule has 0 atom stereocenters. The van der Waals surface area contributed by atoms with Crippen LogP contribution in [0.4, 0.5) is 5.69 Å². The molecule has 0 saturated heterocycles. The van der Waals surface area contributed by atoms with Crippen LogP contribution in [0.5, 0.6) is 0 Å². The first-order valence-electron chi connectivity index (χ1n) is 5.04. The fourth-order valence-electron chi connectivity index (χ4n) is 1.63. The minimum Gasteiger partial charge on any atom is -0.398 e. The number of carbonyl (C=O) groups excluding carboxylic acids is 1. The van der Waals surface area contributed by atoms with Gasteiger partial charge in [0.15, 0.2) is 5.78 Å². The van der Waals surface area contributed by atoms with Crippen molar-refractivity contribution >= 4 is 22.8 Å². The number of rotatable bonds is 2. The van der Waals surface area contributed by atoms with E-state index in [1.165, 1.54) is 0 Å². The van der Waals surface area contributed by atoms with Crippen molar-refractivity contribution in [2.75, 3.05) is 5.73 Å². The molecule has 0 bridgehead atoms. The Morgan fingerprint density at radius 1 is 1.19 bits per heavy atom. The molecule has 82 valence electrons. The zero-order chi connectivity index (χ0) is 11.7. The van der Waals surface area contributed by atoms with E-state index in [-0.39, 0.29) is 5.78 Å². The van der Waals surface area contributed by atoms with Gasteiger partial charge in [-0.15, -0.1) is 11.3 Å². The van der Waals surface area contributed by atoms with Crippen molar-refractivity contribution in [3.8, 4) is 0 Å². The average Bonchev–Trinajstić information content (AvgIpc) is 2.67. The highest BCUT2D eigenvalue weighted by atomic mass is 32.1. The van der Waals surface area contributed by atoms with E-state index in [4.69, 9.17) is 5.73 Å². The summed E-state index contributed by atoms with van der Waals surface area (Å²) in [5.74, 6) is 0.0138. The van der Waals surface area contributed by atoms with Gasteiger partial charge in [0.2, 0.25) is 0 Å². The van der Waals surface area contributed by atoms with E-state index >= 15 is 0 Å². The van der Waals surface area contributed by atoms with Crippen LogP contribution in [0.25, 0.3) is 0 Å². The third kappa shape index (κ3) is 1.86. The Kier molecular flexibility index (Phi) is 2.79. The number of hydrogen-bond acceptors (Lipinski definition) is 3. The van der Waals surface area contributed by atoms with Crippen molar-refractivity contribution in [1.82, 2.24) is 0 Å². The summed E-state index contributed by atoms with van der Waals surface area (Å²) in [6.07, 6.45) is 0. The van der Waals surface area contributed by atoms with Gasteiger partial charge in [-0.3, -0.25) is 4.79 Å². The van der Waals surface area contributed by atoms with Crippen LogP contribution >= 0.6 is 11.3 Å². The van der Waals surface area contributed by atoms with Crippen LogP contribution in [0, 0.1) is 13.8 Å². The minimum atomic E-state index is 0.0138. The molecule has 1 heterocycles. The number of thiophene rings is 1.